The van der Waals surface area contributed by atoms with Crippen molar-refractivity contribution in [3.63, 3.8) is 0 Å². The maximum atomic E-state index is 9.50. The fraction of sp³-hybridized carbons (Fsp3) is 0.500. The Morgan fingerprint density at radius 2 is 2.36 bits per heavy atom. The maximum absolute atomic E-state index is 9.50. The molecule has 5 heteroatoms. The van der Waals surface area contributed by atoms with E-state index in [1.165, 1.54) is 11.3 Å². The monoisotopic (exact) mass is 190 g/mol. The van der Waals surface area contributed by atoms with Gasteiger partial charge in [0.1, 0.15) is 10.6 Å². The van der Waals surface area contributed by atoms with Crippen molar-refractivity contribution in [2.45, 2.75) is 23.7 Å². The van der Waals surface area contributed by atoms with E-state index in [0.29, 0.717) is 5.01 Å². The first kappa shape index (κ1) is 8.99. The van der Waals surface area contributed by atoms with Crippen LogP contribution in [0.15, 0.2) is 10.4 Å². The molecule has 0 spiro atoms. The first-order valence-electron chi connectivity index (χ1n) is 3.09. The first-order valence-corrected chi connectivity index (χ1v) is 4.79. The summed E-state index contributed by atoms with van der Waals surface area (Å²) in [6.45, 7) is 3.41. The second-order valence-corrected chi connectivity index (χ2v) is 4.63. The summed E-state index contributed by atoms with van der Waals surface area (Å²) in [7, 11) is 0. The van der Waals surface area contributed by atoms with Crippen LogP contribution >= 0.6 is 23.3 Å². The molecule has 11 heavy (non-hydrogen) atoms. The van der Waals surface area contributed by atoms with E-state index >= 15 is 0 Å². The largest absolute Gasteiger partial charge is 0.383 e. The molecule has 0 aliphatic heterocycles. The number of aliphatic hydroxyl groups is 1. The second-order valence-electron chi connectivity index (χ2n) is 2.66. The summed E-state index contributed by atoms with van der Waals surface area (Å²) >= 11 is 2.57. The smallest absolute Gasteiger partial charge is 0.125 e. The summed E-state index contributed by atoms with van der Waals surface area (Å²) in [5, 5.41) is 15.5. The molecule has 0 aliphatic rings. The number of hydrogen-bond donors (Lipinski definition) is 2. The molecule has 0 fully saturated rings. The molecule has 0 radical (unpaired) electrons. The summed E-state index contributed by atoms with van der Waals surface area (Å²) in [6.07, 6.45) is 1.67. The molecule has 0 saturated carbocycles. The summed E-state index contributed by atoms with van der Waals surface area (Å²) in [4.78, 5) is 4.03. The zero-order valence-electron chi connectivity index (χ0n) is 6.37. The minimum Gasteiger partial charge on any atom is -0.383 e. The van der Waals surface area contributed by atoms with Crippen LogP contribution in [-0.4, -0.2) is 10.1 Å². The number of thiazole rings is 1. The quantitative estimate of drug-likeness (QED) is 0.691. The van der Waals surface area contributed by atoms with Crippen molar-refractivity contribution in [2.75, 3.05) is 0 Å². The van der Waals surface area contributed by atoms with Crippen LogP contribution in [0.25, 0.3) is 0 Å². The molecule has 1 aromatic heterocycles. The minimum atomic E-state index is -0.849. The predicted octanol–water partition coefficient (Wildman–Crippen LogP) is 1.34. The van der Waals surface area contributed by atoms with E-state index < -0.39 is 5.60 Å². The molecule has 0 bridgehead atoms. The van der Waals surface area contributed by atoms with Crippen molar-refractivity contribution in [3.05, 3.63) is 11.2 Å². The van der Waals surface area contributed by atoms with Gasteiger partial charge in [0.15, 0.2) is 0 Å². The Morgan fingerprint density at radius 3 is 2.64 bits per heavy atom. The van der Waals surface area contributed by atoms with Crippen molar-refractivity contribution in [3.8, 4) is 0 Å². The summed E-state index contributed by atoms with van der Waals surface area (Å²) < 4.78 is 0.919. The normalized spacial score (nSPS) is 12.0. The zero-order chi connectivity index (χ0) is 8.48. The molecule has 0 atom stereocenters. The molecule has 1 rings (SSSR count). The lowest BCUT2D eigenvalue weighted by Gasteiger charge is -2.11. The van der Waals surface area contributed by atoms with Crippen molar-refractivity contribution in [2.24, 2.45) is 5.14 Å². The fourth-order valence-electron chi connectivity index (χ4n) is 0.597. The van der Waals surface area contributed by atoms with Crippen LogP contribution in [0.4, 0.5) is 0 Å². The molecular formula is C6H10N2OS2. The molecular weight excluding hydrogens is 180 g/mol. The lowest BCUT2D eigenvalue weighted by atomic mass is 10.2. The van der Waals surface area contributed by atoms with E-state index in [-0.39, 0.29) is 0 Å². The van der Waals surface area contributed by atoms with Gasteiger partial charge in [-0.15, -0.1) is 11.3 Å². The molecule has 0 aromatic carbocycles. The molecule has 1 heterocycles. The second kappa shape index (κ2) is 3.10. The molecule has 0 aliphatic carbocycles. The average Bonchev–Trinajstić information content (AvgIpc) is 2.32. The molecule has 0 unspecified atom stereocenters. The molecule has 1 aromatic rings. The Hall–Kier alpha value is -0.100. The van der Waals surface area contributed by atoms with Gasteiger partial charge in [0.25, 0.3) is 0 Å². The zero-order valence-corrected chi connectivity index (χ0v) is 8.00. The number of nitrogens with zero attached hydrogens (tertiary/aromatic N) is 1. The third kappa shape index (κ3) is 2.16. The third-order valence-electron chi connectivity index (χ3n) is 1.12. The Bertz CT molecular complexity index is 241. The van der Waals surface area contributed by atoms with Crippen LogP contribution in [0.5, 0.6) is 0 Å². The lowest BCUT2D eigenvalue weighted by molar-refractivity contribution is 0.0783. The SMILES string of the molecule is CC(C)(O)c1ncc(SN)s1. The van der Waals surface area contributed by atoms with Gasteiger partial charge in [-0.05, 0) is 25.8 Å². The van der Waals surface area contributed by atoms with E-state index in [9.17, 15) is 5.11 Å². The minimum absolute atomic E-state index is 0.699. The van der Waals surface area contributed by atoms with Crippen molar-refractivity contribution in [1.29, 1.82) is 0 Å². The average molecular weight is 190 g/mol. The highest BCUT2D eigenvalue weighted by molar-refractivity contribution is 7.99. The van der Waals surface area contributed by atoms with Crippen LogP contribution < -0.4 is 5.14 Å². The molecule has 62 valence electrons. The number of hydrogen-bond acceptors (Lipinski definition) is 5. The van der Waals surface area contributed by atoms with E-state index in [0.717, 1.165) is 16.2 Å². The van der Waals surface area contributed by atoms with Gasteiger partial charge in [-0.3, -0.25) is 5.14 Å². The van der Waals surface area contributed by atoms with E-state index in [4.69, 9.17) is 5.14 Å². The van der Waals surface area contributed by atoms with Gasteiger partial charge >= 0.3 is 0 Å². The van der Waals surface area contributed by atoms with E-state index in [1.54, 1.807) is 20.0 Å². The topological polar surface area (TPSA) is 59.1 Å². The van der Waals surface area contributed by atoms with Gasteiger partial charge < -0.3 is 5.11 Å². The number of rotatable bonds is 2. The highest BCUT2D eigenvalue weighted by Crippen LogP contribution is 2.28. The Balaban J connectivity index is 2.89. The van der Waals surface area contributed by atoms with Gasteiger partial charge in [0.05, 0.1) is 10.4 Å². The Morgan fingerprint density at radius 1 is 1.73 bits per heavy atom. The molecule has 0 amide bonds. The van der Waals surface area contributed by atoms with Crippen molar-refractivity contribution in [1.82, 2.24) is 4.98 Å². The van der Waals surface area contributed by atoms with Crippen molar-refractivity contribution >= 4 is 23.3 Å². The Labute approximate surface area is 73.8 Å². The van der Waals surface area contributed by atoms with Crippen LogP contribution in [0.3, 0.4) is 0 Å². The van der Waals surface area contributed by atoms with E-state index in [1.807, 2.05) is 0 Å². The van der Waals surface area contributed by atoms with Gasteiger partial charge in [-0.2, -0.15) is 0 Å². The predicted molar refractivity (Wildman–Crippen MR) is 47.4 cm³/mol. The Kier molecular flexibility index (Phi) is 2.54. The molecule has 3 nitrogen and oxygen atoms in total. The summed E-state index contributed by atoms with van der Waals surface area (Å²) in [5.74, 6) is 0. The number of aromatic nitrogens is 1. The van der Waals surface area contributed by atoms with Gasteiger partial charge in [0.2, 0.25) is 0 Å². The fourth-order valence-corrected chi connectivity index (χ4v) is 1.79. The molecule has 3 N–H and O–H groups in total. The van der Waals surface area contributed by atoms with Gasteiger partial charge in [0, 0.05) is 0 Å². The van der Waals surface area contributed by atoms with Gasteiger partial charge in [-0.1, -0.05) is 0 Å². The lowest BCUT2D eigenvalue weighted by Crippen LogP contribution is -2.14. The number of nitrogens with two attached hydrogens (primary N) is 1. The van der Waals surface area contributed by atoms with Crippen molar-refractivity contribution < 1.29 is 5.11 Å². The van der Waals surface area contributed by atoms with Crippen LogP contribution in [-0.2, 0) is 5.60 Å². The van der Waals surface area contributed by atoms with Gasteiger partial charge in [-0.25, -0.2) is 4.98 Å². The summed E-state index contributed by atoms with van der Waals surface area (Å²) in [5.41, 5.74) is -0.849. The standard InChI is InChI=1S/C6H10N2OS2/c1-6(2,9)5-8-3-4(10-5)11-7/h3,9H,7H2,1-2H3. The van der Waals surface area contributed by atoms with E-state index in [2.05, 4.69) is 4.98 Å². The van der Waals surface area contributed by atoms with Crippen LogP contribution in [0, 0.1) is 0 Å². The van der Waals surface area contributed by atoms with Crippen LogP contribution in [0.2, 0.25) is 0 Å². The first-order chi connectivity index (χ1) is 5.04. The van der Waals surface area contributed by atoms with Crippen LogP contribution in [0.1, 0.15) is 18.9 Å². The maximum Gasteiger partial charge on any atom is 0.125 e. The molecule has 0 saturated heterocycles. The highest BCUT2D eigenvalue weighted by Gasteiger charge is 2.19. The third-order valence-corrected chi connectivity index (χ3v) is 3.11. The highest BCUT2D eigenvalue weighted by atomic mass is 32.2. The summed E-state index contributed by atoms with van der Waals surface area (Å²) in [6, 6.07) is 0.